The molecule has 0 fully saturated rings. The van der Waals surface area contributed by atoms with Crippen LogP contribution in [0.25, 0.3) is 6.08 Å². The van der Waals surface area contributed by atoms with Gasteiger partial charge < -0.3 is 19.2 Å². The maximum atomic E-state index is 12.5. The Labute approximate surface area is 160 Å². The molecule has 0 spiro atoms. The molecule has 0 saturated heterocycles. The topological polar surface area (TPSA) is 60.7 Å². The third-order valence-electron chi connectivity index (χ3n) is 4.89. The van der Waals surface area contributed by atoms with E-state index in [1.54, 1.807) is 26.4 Å². The van der Waals surface area contributed by atoms with E-state index in [4.69, 9.17) is 13.9 Å². The van der Waals surface area contributed by atoms with E-state index < -0.39 is 0 Å². The number of furan rings is 1. The second-order valence-corrected chi connectivity index (χ2v) is 7.79. The molecular weight excluding hydrogens is 342 g/mol. The molecule has 1 aromatic carbocycles. The molecule has 0 saturated carbocycles. The van der Waals surface area contributed by atoms with Crippen LogP contribution < -0.4 is 14.8 Å². The molecule has 3 rings (SSSR count). The lowest BCUT2D eigenvalue weighted by Gasteiger charge is -2.34. The first kappa shape index (κ1) is 19.1. The van der Waals surface area contributed by atoms with E-state index in [0.717, 1.165) is 35.5 Å². The Morgan fingerprint density at radius 1 is 1.22 bits per heavy atom. The molecule has 1 N–H and O–H groups in total. The molecule has 27 heavy (non-hydrogen) atoms. The first-order chi connectivity index (χ1) is 12.8. The van der Waals surface area contributed by atoms with Gasteiger partial charge in [-0.2, -0.15) is 0 Å². The number of hydrogen-bond acceptors (Lipinski definition) is 4. The van der Waals surface area contributed by atoms with E-state index in [1.807, 2.05) is 31.2 Å². The van der Waals surface area contributed by atoms with E-state index in [9.17, 15) is 4.79 Å². The first-order valence-corrected chi connectivity index (χ1v) is 9.11. The van der Waals surface area contributed by atoms with E-state index in [1.165, 1.54) is 0 Å². The van der Waals surface area contributed by atoms with Gasteiger partial charge in [-0.25, -0.2) is 0 Å². The van der Waals surface area contributed by atoms with Crippen molar-refractivity contribution in [3.63, 3.8) is 0 Å². The highest BCUT2D eigenvalue weighted by atomic mass is 16.5. The van der Waals surface area contributed by atoms with Crippen LogP contribution >= 0.6 is 0 Å². The Hall–Kier alpha value is -2.69. The molecule has 0 aliphatic heterocycles. The number of amides is 1. The van der Waals surface area contributed by atoms with Gasteiger partial charge in [0.1, 0.15) is 11.5 Å². The molecule has 1 heterocycles. The Bertz CT molecular complexity index is 863. The van der Waals surface area contributed by atoms with Gasteiger partial charge in [0.2, 0.25) is 5.91 Å². The predicted octanol–water partition coefficient (Wildman–Crippen LogP) is 4.45. The number of rotatable bonds is 5. The minimum atomic E-state index is -0.128. The summed E-state index contributed by atoms with van der Waals surface area (Å²) >= 11 is 0. The lowest BCUT2D eigenvalue weighted by atomic mass is 9.74. The minimum absolute atomic E-state index is 0.0382. The summed E-state index contributed by atoms with van der Waals surface area (Å²) in [6, 6.07) is 7.54. The van der Waals surface area contributed by atoms with Crippen LogP contribution in [0.5, 0.6) is 11.5 Å². The zero-order chi connectivity index (χ0) is 19.6. The molecular formula is C22H27NO4. The summed E-state index contributed by atoms with van der Waals surface area (Å²) in [6.07, 6.45) is 5.10. The van der Waals surface area contributed by atoms with Crippen molar-refractivity contribution in [3.05, 3.63) is 53.0 Å². The second-order valence-electron chi connectivity index (χ2n) is 7.79. The minimum Gasteiger partial charge on any atom is -0.493 e. The average molecular weight is 369 g/mol. The summed E-state index contributed by atoms with van der Waals surface area (Å²) in [5, 5.41) is 3.12. The number of nitrogens with one attached hydrogen (secondary N) is 1. The fourth-order valence-corrected chi connectivity index (χ4v) is 3.66. The number of carbonyl (C=O) groups is 1. The highest BCUT2D eigenvalue weighted by Crippen LogP contribution is 2.42. The van der Waals surface area contributed by atoms with E-state index >= 15 is 0 Å². The Morgan fingerprint density at radius 3 is 2.67 bits per heavy atom. The Kier molecular flexibility index (Phi) is 5.31. The third kappa shape index (κ3) is 4.35. The molecule has 5 heteroatoms. The lowest BCUT2D eigenvalue weighted by Crippen LogP contribution is -2.35. The zero-order valence-electron chi connectivity index (χ0n) is 16.6. The summed E-state index contributed by atoms with van der Waals surface area (Å²) in [5.74, 6) is 3.03. The van der Waals surface area contributed by atoms with Gasteiger partial charge in [-0.05, 0) is 48.6 Å². The molecule has 0 radical (unpaired) electrons. The van der Waals surface area contributed by atoms with Crippen molar-refractivity contribution in [2.45, 2.75) is 39.7 Å². The smallest absolute Gasteiger partial charge is 0.244 e. The maximum absolute atomic E-state index is 12.5. The number of aryl methyl sites for hydroxylation is 1. The number of benzene rings is 1. The molecule has 144 valence electrons. The van der Waals surface area contributed by atoms with Crippen molar-refractivity contribution >= 4 is 12.0 Å². The van der Waals surface area contributed by atoms with Crippen LogP contribution in [0, 0.1) is 12.3 Å². The second kappa shape index (κ2) is 7.51. The summed E-state index contributed by atoms with van der Waals surface area (Å²) < 4.78 is 16.4. The molecule has 1 atom stereocenters. The summed E-state index contributed by atoms with van der Waals surface area (Å²) in [5.41, 5.74) is 2.05. The number of ether oxygens (including phenoxy) is 2. The first-order valence-electron chi connectivity index (χ1n) is 9.11. The zero-order valence-corrected chi connectivity index (χ0v) is 16.6. The van der Waals surface area contributed by atoms with Gasteiger partial charge >= 0.3 is 0 Å². The van der Waals surface area contributed by atoms with Crippen LogP contribution in [0.1, 0.15) is 49.0 Å². The lowest BCUT2D eigenvalue weighted by molar-refractivity contribution is -0.117. The fraction of sp³-hybridized carbons (Fsp3) is 0.409. The van der Waals surface area contributed by atoms with Crippen LogP contribution in [-0.4, -0.2) is 20.1 Å². The number of carbonyl (C=O) groups excluding carboxylic acids is 1. The number of hydrogen-bond donors (Lipinski definition) is 1. The highest BCUT2D eigenvalue weighted by Gasteiger charge is 2.35. The quantitative estimate of drug-likeness (QED) is 0.791. The SMILES string of the molecule is COc1ccc(/C=C/C(=O)NC2CC(C)(C)Cc3oc(C)cc32)cc1OC. The largest absolute Gasteiger partial charge is 0.493 e. The van der Waals surface area contributed by atoms with Crippen molar-refractivity contribution in [1.29, 1.82) is 0 Å². The molecule has 5 nitrogen and oxygen atoms in total. The molecule has 0 bridgehead atoms. The van der Waals surface area contributed by atoms with Crippen molar-refractivity contribution in [2.75, 3.05) is 14.2 Å². The van der Waals surface area contributed by atoms with Gasteiger partial charge in [-0.3, -0.25) is 4.79 Å². The van der Waals surface area contributed by atoms with Crippen LogP contribution in [-0.2, 0) is 11.2 Å². The molecule has 1 aromatic heterocycles. The molecule has 2 aromatic rings. The van der Waals surface area contributed by atoms with E-state index in [0.29, 0.717) is 11.5 Å². The van der Waals surface area contributed by atoms with Gasteiger partial charge in [0.15, 0.2) is 11.5 Å². The third-order valence-corrected chi connectivity index (χ3v) is 4.89. The van der Waals surface area contributed by atoms with E-state index in [2.05, 4.69) is 19.2 Å². The Balaban J connectivity index is 1.73. The fourth-order valence-electron chi connectivity index (χ4n) is 3.66. The van der Waals surface area contributed by atoms with Crippen LogP contribution in [0.15, 0.2) is 34.8 Å². The van der Waals surface area contributed by atoms with Crippen molar-refractivity contribution in [3.8, 4) is 11.5 Å². The summed E-state index contributed by atoms with van der Waals surface area (Å²) in [4.78, 5) is 12.5. The van der Waals surface area contributed by atoms with E-state index in [-0.39, 0.29) is 17.4 Å². The maximum Gasteiger partial charge on any atom is 0.244 e. The van der Waals surface area contributed by atoms with Gasteiger partial charge in [0, 0.05) is 18.1 Å². The molecule has 1 amide bonds. The standard InChI is InChI=1S/C22H27NO4/c1-14-10-16-17(12-22(2,3)13-20(16)27-14)23-21(24)9-7-15-6-8-18(25-4)19(11-15)26-5/h6-11,17H,12-13H2,1-5H3,(H,23,24)/b9-7+. The number of methoxy groups -OCH3 is 2. The van der Waals surface area contributed by atoms with Crippen molar-refractivity contribution < 1.29 is 18.7 Å². The molecule has 1 aliphatic rings. The molecule has 1 unspecified atom stereocenters. The van der Waals surface area contributed by atoms with Gasteiger partial charge in [0.25, 0.3) is 0 Å². The summed E-state index contributed by atoms with van der Waals surface area (Å²) in [6.45, 7) is 6.35. The highest BCUT2D eigenvalue weighted by molar-refractivity contribution is 5.92. The van der Waals surface area contributed by atoms with Crippen LogP contribution in [0.4, 0.5) is 0 Å². The van der Waals surface area contributed by atoms with Crippen molar-refractivity contribution in [2.24, 2.45) is 5.41 Å². The van der Waals surface area contributed by atoms with Crippen LogP contribution in [0.3, 0.4) is 0 Å². The van der Waals surface area contributed by atoms with Crippen molar-refractivity contribution in [1.82, 2.24) is 5.32 Å². The predicted molar refractivity (Wildman–Crippen MR) is 105 cm³/mol. The molecule has 1 aliphatic carbocycles. The monoisotopic (exact) mass is 369 g/mol. The van der Waals surface area contributed by atoms with Crippen LogP contribution in [0.2, 0.25) is 0 Å². The van der Waals surface area contributed by atoms with Gasteiger partial charge in [-0.15, -0.1) is 0 Å². The van der Waals surface area contributed by atoms with Gasteiger partial charge in [0.05, 0.1) is 20.3 Å². The summed E-state index contributed by atoms with van der Waals surface area (Å²) in [7, 11) is 3.19. The average Bonchev–Trinajstić information content (AvgIpc) is 2.98. The number of fused-ring (bicyclic) bond motifs is 1. The Morgan fingerprint density at radius 2 is 1.96 bits per heavy atom. The normalized spacial score (nSPS) is 18.2. The van der Waals surface area contributed by atoms with Gasteiger partial charge in [-0.1, -0.05) is 19.9 Å².